The predicted molar refractivity (Wildman–Crippen MR) is 111 cm³/mol. The minimum Gasteiger partial charge on any atom is -0.490 e. The number of aldehydes is 1. The third-order valence-electron chi connectivity index (χ3n) is 4.21. The smallest absolute Gasteiger partial charge is 0.262 e. The van der Waals surface area contributed by atoms with Gasteiger partial charge in [-0.3, -0.25) is 14.4 Å². The average molecular weight is 398 g/mol. The molecule has 29 heavy (non-hydrogen) atoms. The highest BCUT2D eigenvalue weighted by Crippen LogP contribution is 2.28. The second kappa shape index (κ2) is 10.8. The Morgan fingerprint density at radius 1 is 1.00 bits per heavy atom. The molecule has 7 nitrogen and oxygen atoms in total. The summed E-state index contributed by atoms with van der Waals surface area (Å²) in [6.45, 7) is 7.05. The maximum atomic E-state index is 12.5. The minimum atomic E-state index is -0.376. The SMILES string of the molecule is CCOc1cc(C=O)ccc1OCC(=O)Nc1cccc(C(=O)N(CC)CC)c1. The fraction of sp³-hybridized carbons (Fsp3) is 0.318. The average Bonchev–Trinajstić information content (AvgIpc) is 2.74. The van der Waals surface area contributed by atoms with Crippen molar-refractivity contribution in [2.75, 3.05) is 31.6 Å². The van der Waals surface area contributed by atoms with Crippen molar-refractivity contribution in [2.24, 2.45) is 0 Å². The van der Waals surface area contributed by atoms with Gasteiger partial charge in [-0.1, -0.05) is 6.07 Å². The minimum absolute atomic E-state index is 0.0843. The van der Waals surface area contributed by atoms with Gasteiger partial charge in [0.1, 0.15) is 6.29 Å². The van der Waals surface area contributed by atoms with Crippen LogP contribution in [0.25, 0.3) is 0 Å². The van der Waals surface area contributed by atoms with E-state index < -0.39 is 0 Å². The fourth-order valence-corrected chi connectivity index (χ4v) is 2.75. The van der Waals surface area contributed by atoms with Gasteiger partial charge in [0.25, 0.3) is 11.8 Å². The third-order valence-corrected chi connectivity index (χ3v) is 4.21. The standard InChI is InChI=1S/C22H26N2O5/c1-4-24(5-2)22(27)17-8-7-9-18(13-17)23-21(26)15-29-19-11-10-16(14-25)12-20(19)28-6-3/h7-14H,4-6,15H2,1-3H3,(H,23,26). The number of hydrogen-bond acceptors (Lipinski definition) is 5. The number of nitrogens with zero attached hydrogens (tertiary/aromatic N) is 1. The molecule has 0 fully saturated rings. The van der Waals surface area contributed by atoms with Crippen LogP contribution in [0.5, 0.6) is 11.5 Å². The van der Waals surface area contributed by atoms with E-state index in [2.05, 4.69) is 5.32 Å². The van der Waals surface area contributed by atoms with Gasteiger partial charge in [-0.05, 0) is 57.2 Å². The molecule has 1 N–H and O–H groups in total. The second-order valence-electron chi connectivity index (χ2n) is 6.15. The molecule has 0 aliphatic carbocycles. The lowest BCUT2D eigenvalue weighted by molar-refractivity contribution is -0.118. The number of anilines is 1. The van der Waals surface area contributed by atoms with Crippen molar-refractivity contribution in [1.82, 2.24) is 4.90 Å². The highest BCUT2D eigenvalue weighted by Gasteiger charge is 2.14. The van der Waals surface area contributed by atoms with Crippen molar-refractivity contribution in [3.8, 4) is 11.5 Å². The second-order valence-corrected chi connectivity index (χ2v) is 6.15. The molecule has 0 aromatic heterocycles. The zero-order valence-electron chi connectivity index (χ0n) is 16.9. The van der Waals surface area contributed by atoms with E-state index in [-0.39, 0.29) is 18.4 Å². The molecule has 2 amide bonds. The van der Waals surface area contributed by atoms with E-state index in [0.29, 0.717) is 54.3 Å². The molecule has 0 bridgehead atoms. The summed E-state index contributed by atoms with van der Waals surface area (Å²) in [6, 6.07) is 11.5. The Hall–Kier alpha value is -3.35. The lowest BCUT2D eigenvalue weighted by Gasteiger charge is -2.19. The zero-order valence-corrected chi connectivity index (χ0v) is 16.9. The summed E-state index contributed by atoms with van der Waals surface area (Å²) in [6.07, 6.45) is 0.714. The van der Waals surface area contributed by atoms with Crippen molar-refractivity contribution in [2.45, 2.75) is 20.8 Å². The van der Waals surface area contributed by atoms with Crippen LogP contribution in [0.1, 0.15) is 41.5 Å². The summed E-state index contributed by atoms with van der Waals surface area (Å²) in [4.78, 5) is 37.4. The number of rotatable bonds is 10. The van der Waals surface area contributed by atoms with Gasteiger partial charge in [-0.2, -0.15) is 0 Å². The van der Waals surface area contributed by atoms with Crippen LogP contribution < -0.4 is 14.8 Å². The number of hydrogen-bond donors (Lipinski definition) is 1. The van der Waals surface area contributed by atoms with Gasteiger partial charge < -0.3 is 19.7 Å². The Labute approximate surface area is 170 Å². The van der Waals surface area contributed by atoms with E-state index in [9.17, 15) is 14.4 Å². The topological polar surface area (TPSA) is 84.9 Å². The molecule has 0 saturated heterocycles. The molecular formula is C22H26N2O5. The quantitative estimate of drug-likeness (QED) is 0.620. The first-order valence-corrected chi connectivity index (χ1v) is 9.56. The molecule has 0 unspecified atom stereocenters. The lowest BCUT2D eigenvalue weighted by atomic mass is 10.1. The molecule has 0 spiro atoms. The van der Waals surface area contributed by atoms with Crippen LogP contribution in [0.2, 0.25) is 0 Å². The Morgan fingerprint density at radius 3 is 2.41 bits per heavy atom. The maximum Gasteiger partial charge on any atom is 0.262 e. The summed E-state index contributed by atoms with van der Waals surface area (Å²) in [7, 11) is 0. The van der Waals surface area contributed by atoms with Crippen molar-refractivity contribution in [3.05, 3.63) is 53.6 Å². The molecule has 2 rings (SSSR count). The first-order chi connectivity index (χ1) is 14.0. The first-order valence-electron chi connectivity index (χ1n) is 9.56. The molecule has 7 heteroatoms. The fourth-order valence-electron chi connectivity index (χ4n) is 2.75. The molecule has 0 radical (unpaired) electrons. The Bertz CT molecular complexity index is 862. The van der Waals surface area contributed by atoms with Gasteiger partial charge in [0.05, 0.1) is 6.61 Å². The highest BCUT2D eigenvalue weighted by molar-refractivity contribution is 5.97. The molecule has 0 heterocycles. The molecule has 2 aromatic carbocycles. The largest absolute Gasteiger partial charge is 0.490 e. The number of benzene rings is 2. The van der Waals surface area contributed by atoms with Crippen molar-refractivity contribution < 1.29 is 23.9 Å². The Balaban J connectivity index is 2.02. The summed E-state index contributed by atoms with van der Waals surface area (Å²) >= 11 is 0. The van der Waals surface area contributed by atoms with Crippen LogP contribution in [0.15, 0.2) is 42.5 Å². The normalized spacial score (nSPS) is 10.2. The van der Waals surface area contributed by atoms with Crippen molar-refractivity contribution >= 4 is 23.8 Å². The molecule has 0 atom stereocenters. The van der Waals surface area contributed by atoms with Crippen LogP contribution >= 0.6 is 0 Å². The van der Waals surface area contributed by atoms with Gasteiger partial charge in [0, 0.05) is 29.9 Å². The van der Waals surface area contributed by atoms with E-state index in [1.54, 1.807) is 47.4 Å². The summed E-state index contributed by atoms with van der Waals surface area (Å²) in [5, 5.41) is 2.72. The molecule has 0 aliphatic rings. The molecule has 2 aromatic rings. The highest BCUT2D eigenvalue weighted by atomic mass is 16.5. The monoisotopic (exact) mass is 398 g/mol. The van der Waals surface area contributed by atoms with Crippen LogP contribution in [0.3, 0.4) is 0 Å². The van der Waals surface area contributed by atoms with Crippen molar-refractivity contribution in [1.29, 1.82) is 0 Å². The van der Waals surface area contributed by atoms with E-state index in [0.717, 1.165) is 0 Å². The van der Waals surface area contributed by atoms with Crippen LogP contribution in [0, 0.1) is 0 Å². The van der Waals surface area contributed by atoms with Crippen LogP contribution in [-0.4, -0.2) is 49.3 Å². The summed E-state index contributed by atoms with van der Waals surface area (Å²) < 4.78 is 11.0. The van der Waals surface area contributed by atoms with Gasteiger partial charge >= 0.3 is 0 Å². The van der Waals surface area contributed by atoms with Gasteiger partial charge in [-0.15, -0.1) is 0 Å². The molecular weight excluding hydrogens is 372 g/mol. The van der Waals surface area contributed by atoms with Crippen LogP contribution in [0.4, 0.5) is 5.69 Å². The summed E-state index contributed by atoms with van der Waals surface area (Å²) in [5.41, 5.74) is 1.48. The van der Waals surface area contributed by atoms with E-state index >= 15 is 0 Å². The number of carbonyl (C=O) groups excluding carboxylic acids is 3. The summed E-state index contributed by atoms with van der Waals surface area (Å²) in [5.74, 6) is 0.313. The first kappa shape index (κ1) is 21.9. The van der Waals surface area contributed by atoms with Crippen LogP contribution in [-0.2, 0) is 4.79 Å². The Kier molecular flexibility index (Phi) is 8.21. The van der Waals surface area contributed by atoms with Gasteiger partial charge in [0.15, 0.2) is 18.1 Å². The third kappa shape index (κ3) is 6.07. The van der Waals surface area contributed by atoms with E-state index in [4.69, 9.17) is 9.47 Å². The Morgan fingerprint density at radius 2 is 1.76 bits per heavy atom. The number of carbonyl (C=O) groups is 3. The lowest BCUT2D eigenvalue weighted by Crippen LogP contribution is -2.30. The van der Waals surface area contributed by atoms with Gasteiger partial charge in [0.2, 0.25) is 0 Å². The molecule has 0 aliphatic heterocycles. The zero-order chi connectivity index (χ0) is 21.2. The number of ether oxygens (including phenoxy) is 2. The molecule has 0 saturated carbocycles. The number of nitrogens with one attached hydrogen (secondary N) is 1. The van der Waals surface area contributed by atoms with E-state index in [1.165, 1.54) is 0 Å². The van der Waals surface area contributed by atoms with Gasteiger partial charge in [-0.25, -0.2) is 0 Å². The predicted octanol–water partition coefficient (Wildman–Crippen LogP) is 3.40. The number of amides is 2. The van der Waals surface area contributed by atoms with E-state index in [1.807, 2.05) is 20.8 Å². The van der Waals surface area contributed by atoms with Crippen molar-refractivity contribution in [3.63, 3.8) is 0 Å². The maximum absolute atomic E-state index is 12.5. The molecule has 154 valence electrons.